The average molecular weight is 397 g/mol. The van der Waals surface area contributed by atoms with E-state index in [2.05, 4.69) is 15.0 Å². The molecule has 1 aromatic carbocycles. The SMILES string of the molecule is Cc1cccnc1-n1c(=O)n(C)c2cnc3ccc(-c4ccc(CO)nc4)cc3c21. The van der Waals surface area contributed by atoms with Crippen LogP contribution in [-0.2, 0) is 13.7 Å². The third-order valence-corrected chi connectivity index (χ3v) is 5.40. The van der Waals surface area contributed by atoms with Gasteiger partial charge in [0, 0.05) is 30.4 Å². The van der Waals surface area contributed by atoms with Gasteiger partial charge in [-0.15, -0.1) is 0 Å². The Kier molecular flexibility index (Phi) is 4.18. The van der Waals surface area contributed by atoms with E-state index >= 15 is 0 Å². The molecule has 0 saturated heterocycles. The fourth-order valence-corrected chi connectivity index (χ4v) is 3.77. The second kappa shape index (κ2) is 6.89. The van der Waals surface area contributed by atoms with Crippen molar-refractivity contribution >= 4 is 21.9 Å². The van der Waals surface area contributed by atoms with Crippen molar-refractivity contribution < 1.29 is 5.11 Å². The Morgan fingerprint density at radius 1 is 1.00 bits per heavy atom. The molecule has 4 aromatic heterocycles. The van der Waals surface area contributed by atoms with Gasteiger partial charge in [-0.2, -0.15) is 0 Å². The van der Waals surface area contributed by atoms with Gasteiger partial charge in [0.05, 0.1) is 35.0 Å². The van der Waals surface area contributed by atoms with Crippen molar-refractivity contribution in [2.75, 3.05) is 0 Å². The highest BCUT2D eigenvalue weighted by molar-refractivity contribution is 6.04. The van der Waals surface area contributed by atoms with Crippen molar-refractivity contribution in [3.63, 3.8) is 0 Å². The van der Waals surface area contributed by atoms with E-state index in [-0.39, 0.29) is 12.3 Å². The summed E-state index contributed by atoms with van der Waals surface area (Å²) in [5.41, 5.74) is 5.54. The van der Waals surface area contributed by atoms with Gasteiger partial charge in [0.15, 0.2) is 0 Å². The summed E-state index contributed by atoms with van der Waals surface area (Å²) >= 11 is 0. The number of pyridine rings is 3. The zero-order chi connectivity index (χ0) is 20.8. The second-order valence-electron chi connectivity index (χ2n) is 7.24. The third kappa shape index (κ3) is 2.71. The predicted molar refractivity (Wildman–Crippen MR) is 116 cm³/mol. The molecular formula is C23H19N5O2. The lowest BCUT2D eigenvalue weighted by atomic mass is 10.0. The first-order chi connectivity index (χ1) is 14.6. The van der Waals surface area contributed by atoms with Gasteiger partial charge in [-0.05, 0) is 42.3 Å². The number of fused-ring (bicyclic) bond motifs is 3. The molecular weight excluding hydrogens is 378 g/mol. The minimum absolute atomic E-state index is 0.0950. The average Bonchev–Trinajstić information content (AvgIpc) is 3.04. The maximum Gasteiger partial charge on any atom is 0.334 e. The van der Waals surface area contributed by atoms with Gasteiger partial charge in [0.25, 0.3) is 0 Å². The van der Waals surface area contributed by atoms with Gasteiger partial charge < -0.3 is 5.11 Å². The number of hydrogen-bond donors (Lipinski definition) is 1. The molecule has 0 fully saturated rings. The van der Waals surface area contributed by atoms with E-state index in [0.717, 1.165) is 38.6 Å². The Balaban J connectivity index is 1.85. The van der Waals surface area contributed by atoms with Crippen molar-refractivity contribution in [2.24, 2.45) is 7.05 Å². The van der Waals surface area contributed by atoms with E-state index in [0.29, 0.717) is 11.5 Å². The summed E-state index contributed by atoms with van der Waals surface area (Å²) in [5, 5.41) is 10.1. The van der Waals surface area contributed by atoms with Gasteiger partial charge in [0.2, 0.25) is 0 Å². The lowest BCUT2D eigenvalue weighted by Crippen LogP contribution is -2.22. The summed E-state index contributed by atoms with van der Waals surface area (Å²) in [6.45, 7) is 1.85. The maximum absolute atomic E-state index is 13.1. The molecule has 148 valence electrons. The van der Waals surface area contributed by atoms with Crippen molar-refractivity contribution in [3.05, 3.63) is 82.8 Å². The summed E-state index contributed by atoms with van der Waals surface area (Å²) in [5.74, 6) is 0.611. The van der Waals surface area contributed by atoms with Gasteiger partial charge in [-0.1, -0.05) is 18.2 Å². The van der Waals surface area contributed by atoms with Crippen LogP contribution in [0.5, 0.6) is 0 Å². The molecule has 0 aliphatic carbocycles. The topological polar surface area (TPSA) is 85.8 Å². The second-order valence-corrected chi connectivity index (χ2v) is 7.24. The minimum Gasteiger partial charge on any atom is -0.390 e. The Bertz CT molecular complexity index is 1470. The molecule has 0 aliphatic heterocycles. The molecule has 0 saturated carbocycles. The molecule has 0 radical (unpaired) electrons. The summed E-state index contributed by atoms with van der Waals surface area (Å²) < 4.78 is 3.26. The van der Waals surface area contributed by atoms with Crippen molar-refractivity contribution in [3.8, 4) is 16.9 Å². The lowest BCUT2D eigenvalue weighted by Gasteiger charge is -2.09. The van der Waals surface area contributed by atoms with E-state index in [9.17, 15) is 9.90 Å². The Labute approximate surface area is 171 Å². The summed E-state index contributed by atoms with van der Waals surface area (Å²) in [7, 11) is 1.74. The standard InChI is InChI=1S/C23H19N5O2/c1-14-4-3-9-24-22(14)28-21-18-10-15(16-5-7-17(13-29)25-11-16)6-8-19(18)26-12-20(21)27(2)23(28)30/h3-12,29H,13H2,1-2H3. The quantitative estimate of drug-likeness (QED) is 0.506. The van der Waals surface area contributed by atoms with E-state index in [1.165, 1.54) is 0 Å². The van der Waals surface area contributed by atoms with Crippen LogP contribution in [0.25, 0.3) is 38.9 Å². The number of aromatic nitrogens is 5. The number of rotatable bonds is 3. The molecule has 0 atom stereocenters. The largest absolute Gasteiger partial charge is 0.390 e. The predicted octanol–water partition coefficient (Wildman–Crippen LogP) is 3.14. The zero-order valence-corrected chi connectivity index (χ0v) is 16.6. The fraction of sp³-hybridized carbons (Fsp3) is 0.130. The van der Waals surface area contributed by atoms with Gasteiger partial charge >= 0.3 is 5.69 Å². The van der Waals surface area contributed by atoms with E-state index < -0.39 is 0 Å². The first-order valence-corrected chi connectivity index (χ1v) is 9.57. The van der Waals surface area contributed by atoms with Crippen molar-refractivity contribution in [2.45, 2.75) is 13.5 Å². The molecule has 0 amide bonds. The molecule has 0 spiro atoms. The normalized spacial score (nSPS) is 11.4. The van der Waals surface area contributed by atoms with Crippen LogP contribution < -0.4 is 5.69 Å². The lowest BCUT2D eigenvalue weighted by molar-refractivity contribution is 0.277. The Hall–Kier alpha value is -3.84. The molecule has 0 unspecified atom stereocenters. The highest BCUT2D eigenvalue weighted by Crippen LogP contribution is 2.29. The molecule has 30 heavy (non-hydrogen) atoms. The number of aliphatic hydroxyl groups excluding tert-OH is 1. The van der Waals surface area contributed by atoms with E-state index in [4.69, 9.17) is 0 Å². The third-order valence-electron chi connectivity index (χ3n) is 5.40. The van der Waals surface area contributed by atoms with Crippen molar-refractivity contribution in [1.29, 1.82) is 0 Å². The number of aryl methyl sites for hydroxylation is 2. The Morgan fingerprint density at radius 3 is 2.57 bits per heavy atom. The van der Waals surface area contributed by atoms with Crippen LogP contribution in [0.15, 0.2) is 65.8 Å². The summed E-state index contributed by atoms with van der Waals surface area (Å²) in [6, 6.07) is 13.5. The molecule has 1 N–H and O–H groups in total. The maximum atomic E-state index is 13.1. The van der Waals surface area contributed by atoms with Gasteiger partial charge in [-0.25, -0.2) is 14.3 Å². The number of hydrogen-bond acceptors (Lipinski definition) is 5. The Morgan fingerprint density at radius 2 is 1.83 bits per heavy atom. The van der Waals surface area contributed by atoms with Gasteiger partial charge in [-0.3, -0.25) is 14.5 Å². The number of nitrogens with zero attached hydrogens (tertiary/aromatic N) is 5. The van der Waals surface area contributed by atoms with Gasteiger partial charge in [0.1, 0.15) is 5.82 Å². The first kappa shape index (κ1) is 18.2. The molecule has 7 nitrogen and oxygen atoms in total. The van der Waals surface area contributed by atoms with Crippen LogP contribution in [0, 0.1) is 6.92 Å². The highest BCUT2D eigenvalue weighted by atomic mass is 16.3. The number of imidazole rings is 1. The minimum atomic E-state index is -0.166. The molecule has 0 aliphatic rings. The molecule has 5 aromatic rings. The van der Waals surface area contributed by atoms with Crippen LogP contribution in [0.3, 0.4) is 0 Å². The zero-order valence-electron chi connectivity index (χ0n) is 16.6. The fourth-order valence-electron chi connectivity index (χ4n) is 3.77. The molecule has 0 bridgehead atoms. The molecule has 4 heterocycles. The van der Waals surface area contributed by atoms with Crippen LogP contribution in [0.4, 0.5) is 0 Å². The monoisotopic (exact) mass is 397 g/mol. The van der Waals surface area contributed by atoms with Crippen LogP contribution >= 0.6 is 0 Å². The summed E-state index contributed by atoms with van der Waals surface area (Å²) in [6.07, 6.45) is 5.16. The highest BCUT2D eigenvalue weighted by Gasteiger charge is 2.18. The van der Waals surface area contributed by atoms with Crippen molar-refractivity contribution in [1.82, 2.24) is 24.1 Å². The molecule has 5 rings (SSSR count). The van der Waals surface area contributed by atoms with Crippen LogP contribution in [-0.4, -0.2) is 29.2 Å². The summed E-state index contributed by atoms with van der Waals surface area (Å²) in [4.78, 5) is 26.4. The van der Waals surface area contributed by atoms with Crippen LogP contribution in [0.1, 0.15) is 11.3 Å². The van der Waals surface area contributed by atoms with Crippen LogP contribution in [0.2, 0.25) is 0 Å². The van der Waals surface area contributed by atoms with E-state index in [1.54, 1.807) is 40.8 Å². The smallest absolute Gasteiger partial charge is 0.334 e. The number of benzene rings is 1. The van der Waals surface area contributed by atoms with E-state index in [1.807, 2.05) is 43.3 Å². The molecule has 7 heteroatoms. The number of aliphatic hydroxyl groups is 1. The first-order valence-electron chi connectivity index (χ1n) is 9.57.